The minimum atomic E-state index is 0.0699. The fourth-order valence-corrected chi connectivity index (χ4v) is 2.79. The smallest absolute Gasteiger partial charge is 0.0670 e. The Morgan fingerprint density at radius 1 is 1.53 bits per heavy atom. The monoisotopic (exact) mass is 298 g/mol. The maximum Gasteiger partial charge on any atom is 0.0670 e. The Balaban J connectivity index is 2.20. The number of rotatable bonds is 3. The lowest BCUT2D eigenvalue weighted by molar-refractivity contribution is 0.193. The summed E-state index contributed by atoms with van der Waals surface area (Å²) in [6, 6.07) is 6.87. The molecule has 1 aromatic carbocycles. The van der Waals surface area contributed by atoms with Crippen molar-refractivity contribution in [1.29, 1.82) is 0 Å². The van der Waals surface area contributed by atoms with Crippen LogP contribution in [0.5, 0.6) is 0 Å². The second kappa shape index (κ2) is 5.38. The fraction of sp³-hybridized carbons (Fsp3) is 0.538. The van der Waals surface area contributed by atoms with Crippen molar-refractivity contribution in [2.24, 2.45) is 5.73 Å². The first-order chi connectivity index (χ1) is 8.09. The highest BCUT2D eigenvalue weighted by Crippen LogP contribution is 2.30. The third-order valence-corrected chi connectivity index (χ3v) is 3.97. The van der Waals surface area contributed by atoms with E-state index >= 15 is 0 Å². The molecular weight excluding hydrogens is 280 g/mol. The fourth-order valence-electron chi connectivity index (χ4n) is 2.12. The average Bonchev–Trinajstić information content (AvgIpc) is 2.81. The molecule has 2 N–H and O–H groups in total. The van der Waals surface area contributed by atoms with Crippen molar-refractivity contribution in [1.82, 2.24) is 0 Å². The molecule has 0 aliphatic carbocycles. The van der Waals surface area contributed by atoms with Crippen LogP contribution in [0.1, 0.15) is 24.9 Å². The Labute approximate surface area is 111 Å². The zero-order chi connectivity index (χ0) is 12.4. The van der Waals surface area contributed by atoms with Crippen molar-refractivity contribution in [3.05, 3.63) is 28.2 Å². The predicted octanol–water partition coefficient (Wildman–Crippen LogP) is 2.69. The molecule has 0 spiro atoms. The zero-order valence-corrected chi connectivity index (χ0v) is 11.9. The van der Waals surface area contributed by atoms with Crippen LogP contribution in [-0.2, 0) is 4.74 Å². The maximum atomic E-state index is 5.88. The average molecular weight is 299 g/mol. The van der Waals surface area contributed by atoms with Gasteiger partial charge >= 0.3 is 0 Å². The Hall–Kier alpha value is -0.580. The largest absolute Gasteiger partial charge is 0.379 e. The summed E-state index contributed by atoms with van der Waals surface area (Å²) in [5.41, 5.74) is 8.23. The number of benzene rings is 1. The van der Waals surface area contributed by atoms with Crippen molar-refractivity contribution in [2.75, 3.05) is 25.2 Å². The Morgan fingerprint density at radius 2 is 2.29 bits per heavy atom. The topological polar surface area (TPSA) is 38.5 Å². The minimum absolute atomic E-state index is 0.0699. The quantitative estimate of drug-likeness (QED) is 0.932. The van der Waals surface area contributed by atoms with E-state index in [9.17, 15) is 0 Å². The highest BCUT2D eigenvalue weighted by atomic mass is 79.9. The molecule has 94 valence electrons. The predicted molar refractivity (Wildman–Crippen MR) is 74.4 cm³/mol. The molecule has 0 aromatic heterocycles. The van der Waals surface area contributed by atoms with Gasteiger partial charge in [0.05, 0.1) is 18.3 Å². The van der Waals surface area contributed by atoms with E-state index in [-0.39, 0.29) is 6.04 Å². The molecule has 3 nitrogen and oxygen atoms in total. The molecule has 0 amide bonds. The van der Waals surface area contributed by atoms with Crippen molar-refractivity contribution < 1.29 is 4.74 Å². The summed E-state index contributed by atoms with van der Waals surface area (Å²) >= 11 is 3.63. The lowest BCUT2D eigenvalue weighted by atomic mass is 10.1. The third-order valence-electron chi connectivity index (χ3n) is 3.33. The maximum absolute atomic E-state index is 5.88. The molecule has 17 heavy (non-hydrogen) atoms. The van der Waals surface area contributed by atoms with Gasteiger partial charge in [-0.1, -0.05) is 6.07 Å². The van der Waals surface area contributed by atoms with E-state index in [0.717, 1.165) is 29.7 Å². The molecule has 1 heterocycles. The summed E-state index contributed by atoms with van der Waals surface area (Å²) in [6.45, 7) is 3.68. The van der Waals surface area contributed by atoms with Crippen molar-refractivity contribution in [3.8, 4) is 0 Å². The molecule has 4 heteroatoms. The van der Waals surface area contributed by atoms with Crippen molar-refractivity contribution in [2.45, 2.75) is 25.4 Å². The minimum Gasteiger partial charge on any atom is -0.379 e. The third kappa shape index (κ3) is 2.81. The van der Waals surface area contributed by atoms with Gasteiger partial charge in [0, 0.05) is 24.2 Å². The highest BCUT2D eigenvalue weighted by molar-refractivity contribution is 9.10. The van der Waals surface area contributed by atoms with Crippen LogP contribution in [0.2, 0.25) is 0 Å². The SMILES string of the molecule is C[C@H](N)c1ccc(N(C)C2CCOC2)c(Br)c1. The molecular formula is C13H19BrN2O. The van der Waals surface area contributed by atoms with Crippen LogP contribution in [0.4, 0.5) is 5.69 Å². The molecule has 1 unspecified atom stereocenters. The summed E-state index contributed by atoms with van der Waals surface area (Å²) in [6.07, 6.45) is 1.10. The summed E-state index contributed by atoms with van der Waals surface area (Å²) in [7, 11) is 2.12. The van der Waals surface area contributed by atoms with Gasteiger partial charge in [0.15, 0.2) is 0 Å². The van der Waals surface area contributed by atoms with Gasteiger partial charge in [0.1, 0.15) is 0 Å². The first kappa shape index (κ1) is 12.9. The van der Waals surface area contributed by atoms with Gasteiger partial charge in [-0.25, -0.2) is 0 Å². The Kier molecular flexibility index (Phi) is 4.07. The molecule has 0 radical (unpaired) electrons. The van der Waals surface area contributed by atoms with Gasteiger partial charge in [-0.15, -0.1) is 0 Å². The molecule has 1 aliphatic rings. The Bertz CT molecular complexity index is 389. The summed E-state index contributed by atoms with van der Waals surface area (Å²) in [5, 5.41) is 0. The normalized spacial score (nSPS) is 21.5. The molecule has 2 rings (SSSR count). The van der Waals surface area contributed by atoms with E-state index < -0.39 is 0 Å². The van der Waals surface area contributed by atoms with Crippen LogP contribution < -0.4 is 10.6 Å². The van der Waals surface area contributed by atoms with E-state index in [1.54, 1.807) is 0 Å². The van der Waals surface area contributed by atoms with E-state index in [0.29, 0.717) is 6.04 Å². The van der Waals surface area contributed by atoms with E-state index in [1.807, 2.05) is 6.92 Å². The number of ether oxygens (including phenoxy) is 1. The number of hydrogen-bond acceptors (Lipinski definition) is 3. The number of halogens is 1. The van der Waals surface area contributed by atoms with Gasteiger partial charge in [-0.05, 0) is 47.0 Å². The van der Waals surface area contributed by atoms with Gasteiger partial charge in [-0.2, -0.15) is 0 Å². The molecule has 1 saturated heterocycles. The number of nitrogens with two attached hydrogens (primary N) is 1. The van der Waals surface area contributed by atoms with Crippen LogP contribution in [0.15, 0.2) is 22.7 Å². The number of anilines is 1. The van der Waals surface area contributed by atoms with E-state index in [4.69, 9.17) is 10.5 Å². The standard InChI is InChI=1S/C13H19BrN2O/c1-9(15)10-3-4-13(12(14)7-10)16(2)11-5-6-17-8-11/h3-4,7,9,11H,5-6,8,15H2,1-2H3/t9-,11?/m0/s1. The van der Waals surface area contributed by atoms with Crippen LogP contribution in [0.3, 0.4) is 0 Å². The number of likely N-dealkylation sites (N-methyl/N-ethyl adjacent to an activating group) is 1. The lowest BCUT2D eigenvalue weighted by Crippen LogP contribution is -2.32. The van der Waals surface area contributed by atoms with Gasteiger partial charge in [0.2, 0.25) is 0 Å². The summed E-state index contributed by atoms with van der Waals surface area (Å²) in [4.78, 5) is 2.28. The van der Waals surface area contributed by atoms with Crippen LogP contribution >= 0.6 is 15.9 Å². The van der Waals surface area contributed by atoms with Gasteiger partial charge in [0.25, 0.3) is 0 Å². The first-order valence-corrected chi connectivity index (χ1v) is 6.74. The van der Waals surface area contributed by atoms with Crippen molar-refractivity contribution >= 4 is 21.6 Å². The summed E-state index contributed by atoms with van der Waals surface area (Å²) < 4.78 is 6.52. The second-order valence-corrected chi connectivity index (χ2v) is 5.48. The van der Waals surface area contributed by atoms with Crippen LogP contribution in [0.25, 0.3) is 0 Å². The highest BCUT2D eigenvalue weighted by Gasteiger charge is 2.22. The first-order valence-electron chi connectivity index (χ1n) is 5.95. The molecule has 0 saturated carbocycles. The molecule has 1 aromatic rings. The van der Waals surface area contributed by atoms with Gasteiger partial charge < -0.3 is 15.4 Å². The van der Waals surface area contributed by atoms with Crippen LogP contribution in [0, 0.1) is 0 Å². The van der Waals surface area contributed by atoms with E-state index in [1.165, 1.54) is 5.69 Å². The molecule has 0 bridgehead atoms. The van der Waals surface area contributed by atoms with Gasteiger partial charge in [-0.3, -0.25) is 0 Å². The van der Waals surface area contributed by atoms with Crippen molar-refractivity contribution in [3.63, 3.8) is 0 Å². The lowest BCUT2D eigenvalue weighted by Gasteiger charge is -2.27. The zero-order valence-electron chi connectivity index (χ0n) is 10.3. The molecule has 1 fully saturated rings. The number of hydrogen-bond donors (Lipinski definition) is 1. The van der Waals surface area contributed by atoms with E-state index in [2.05, 4.69) is 46.1 Å². The Morgan fingerprint density at radius 3 is 2.82 bits per heavy atom. The molecule has 2 atom stereocenters. The van der Waals surface area contributed by atoms with Crippen LogP contribution in [-0.4, -0.2) is 26.3 Å². The number of nitrogens with zero attached hydrogens (tertiary/aromatic N) is 1. The summed E-state index contributed by atoms with van der Waals surface area (Å²) in [5.74, 6) is 0. The second-order valence-electron chi connectivity index (χ2n) is 4.63. The molecule has 1 aliphatic heterocycles.